The highest BCUT2D eigenvalue weighted by atomic mass is 32.2. The fourth-order valence-corrected chi connectivity index (χ4v) is 4.55. The van der Waals surface area contributed by atoms with Crippen LogP contribution in [-0.4, -0.2) is 26.3 Å². The van der Waals surface area contributed by atoms with E-state index in [1.807, 2.05) is 6.92 Å². The Bertz CT molecular complexity index is 1100. The summed E-state index contributed by atoms with van der Waals surface area (Å²) in [5.41, 5.74) is 1.87. The highest BCUT2D eigenvalue weighted by Crippen LogP contribution is 2.34. The van der Waals surface area contributed by atoms with Gasteiger partial charge in [0.05, 0.1) is 10.6 Å². The second-order valence-corrected chi connectivity index (χ2v) is 10.3. The maximum Gasteiger partial charge on any atom is 0.261 e. The molecular weight excluding hydrogens is 402 g/mol. The number of benzene rings is 2. The van der Waals surface area contributed by atoms with Crippen LogP contribution in [-0.2, 0) is 26.0 Å². The normalized spacial score (nSPS) is 16.2. The quantitative estimate of drug-likeness (QED) is 0.773. The molecule has 0 saturated carbocycles. The summed E-state index contributed by atoms with van der Waals surface area (Å²) in [5, 5.41) is 2.79. The van der Waals surface area contributed by atoms with Gasteiger partial charge in [0.2, 0.25) is 11.8 Å². The van der Waals surface area contributed by atoms with E-state index in [2.05, 4.69) is 10.0 Å². The Morgan fingerprint density at radius 1 is 1.07 bits per heavy atom. The average Bonchev–Trinajstić information content (AvgIpc) is 2.95. The predicted molar refractivity (Wildman–Crippen MR) is 118 cm³/mol. The maximum absolute atomic E-state index is 12.9. The zero-order valence-corrected chi connectivity index (χ0v) is 18.6. The molecule has 8 heteroatoms. The van der Waals surface area contributed by atoms with Crippen molar-refractivity contribution < 1.29 is 18.0 Å². The zero-order chi connectivity index (χ0) is 22.3. The minimum Gasteiger partial charge on any atom is -0.326 e. The average molecular weight is 430 g/mol. The van der Waals surface area contributed by atoms with Gasteiger partial charge in [-0.1, -0.05) is 26.8 Å². The number of nitrogens with zero attached hydrogens (tertiary/aromatic N) is 1. The van der Waals surface area contributed by atoms with Crippen molar-refractivity contribution in [3.63, 3.8) is 0 Å². The Balaban J connectivity index is 1.83. The van der Waals surface area contributed by atoms with Crippen LogP contribution in [0.2, 0.25) is 0 Å². The van der Waals surface area contributed by atoms with Crippen LogP contribution < -0.4 is 14.9 Å². The number of sulfonamides is 1. The third-order valence-electron chi connectivity index (χ3n) is 4.97. The van der Waals surface area contributed by atoms with E-state index in [9.17, 15) is 18.0 Å². The fourth-order valence-electron chi connectivity index (χ4n) is 3.45. The lowest BCUT2D eigenvalue weighted by Crippen LogP contribution is -2.33. The highest BCUT2D eigenvalue weighted by molar-refractivity contribution is 7.92. The summed E-state index contributed by atoms with van der Waals surface area (Å²) in [6, 6.07) is 11.4. The largest absolute Gasteiger partial charge is 0.326 e. The van der Waals surface area contributed by atoms with E-state index in [1.165, 1.54) is 13.0 Å². The van der Waals surface area contributed by atoms with Crippen LogP contribution in [0.4, 0.5) is 17.1 Å². The summed E-state index contributed by atoms with van der Waals surface area (Å²) in [6.45, 7) is 8.85. The Labute approximate surface area is 177 Å². The molecular formula is C22H27N3O4S. The molecule has 160 valence electrons. The Hall–Kier alpha value is -2.87. The van der Waals surface area contributed by atoms with Gasteiger partial charge in [-0.25, -0.2) is 8.42 Å². The van der Waals surface area contributed by atoms with Gasteiger partial charge in [-0.3, -0.25) is 14.3 Å². The van der Waals surface area contributed by atoms with Gasteiger partial charge in [0.15, 0.2) is 0 Å². The molecule has 30 heavy (non-hydrogen) atoms. The molecule has 1 heterocycles. The summed E-state index contributed by atoms with van der Waals surface area (Å²) in [7, 11) is -3.83. The number of hydrogen-bond acceptors (Lipinski definition) is 4. The second kappa shape index (κ2) is 7.75. The number of anilines is 3. The van der Waals surface area contributed by atoms with Gasteiger partial charge in [-0.15, -0.1) is 0 Å². The van der Waals surface area contributed by atoms with E-state index in [1.54, 1.807) is 62.1 Å². The maximum atomic E-state index is 12.9. The van der Waals surface area contributed by atoms with Crippen molar-refractivity contribution in [1.82, 2.24) is 0 Å². The van der Waals surface area contributed by atoms with Crippen LogP contribution >= 0.6 is 0 Å². The fraction of sp³-hybridized carbons (Fsp3) is 0.364. The van der Waals surface area contributed by atoms with Crippen LogP contribution in [0.25, 0.3) is 0 Å². The van der Waals surface area contributed by atoms with E-state index < -0.39 is 15.4 Å². The van der Waals surface area contributed by atoms with Crippen molar-refractivity contribution in [2.75, 3.05) is 14.9 Å². The molecule has 0 aliphatic carbocycles. The number of hydrogen-bond donors (Lipinski definition) is 2. The van der Waals surface area contributed by atoms with E-state index in [0.29, 0.717) is 17.8 Å². The molecule has 0 radical (unpaired) electrons. The molecule has 3 rings (SSSR count). The Morgan fingerprint density at radius 2 is 1.73 bits per heavy atom. The molecule has 1 aliphatic rings. The highest BCUT2D eigenvalue weighted by Gasteiger charge is 2.30. The SMILES string of the molecule is CC(=O)N1c2ccc(S(=O)(=O)Nc3cccc(NC(=O)C(C)(C)C)c3)cc2CC1C. The molecule has 0 aromatic heterocycles. The standard InChI is InChI=1S/C22H27N3O4S/c1-14-11-16-12-19(9-10-20(16)25(14)15(2)26)30(28,29)24-18-8-6-7-17(13-18)23-21(27)22(3,4)5/h6-10,12-14,24H,11H2,1-5H3,(H,23,27). The molecule has 2 amide bonds. The van der Waals surface area contributed by atoms with Gasteiger partial charge in [0.1, 0.15) is 0 Å². The first-order valence-electron chi connectivity index (χ1n) is 9.75. The molecule has 7 nitrogen and oxygen atoms in total. The summed E-state index contributed by atoms with van der Waals surface area (Å²) in [6.07, 6.45) is 0.604. The third kappa shape index (κ3) is 4.48. The molecule has 0 bridgehead atoms. The molecule has 0 spiro atoms. The van der Waals surface area contributed by atoms with Gasteiger partial charge in [0.25, 0.3) is 10.0 Å². The van der Waals surface area contributed by atoms with Crippen LogP contribution in [0.15, 0.2) is 47.4 Å². The topological polar surface area (TPSA) is 95.6 Å². The number of carbonyl (C=O) groups excluding carboxylic acids is 2. The van der Waals surface area contributed by atoms with Gasteiger partial charge in [-0.2, -0.15) is 0 Å². The Kier molecular flexibility index (Phi) is 5.64. The molecule has 0 fully saturated rings. The third-order valence-corrected chi connectivity index (χ3v) is 6.35. The summed E-state index contributed by atoms with van der Waals surface area (Å²) < 4.78 is 28.4. The van der Waals surface area contributed by atoms with E-state index in [4.69, 9.17) is 0 Å². The first-order chi connectivity index (χ1) is 13.9. The molecule has 0 saturated heterocycles. The number of fused-ring (bicyclic) bond motifs is 1. The van der Waals surface area contributed by atoms with Gasteiger partial charge < -0.3 is 10.2 Å². The van der Waals surface area contributed by atoms with Crippen molar-refractivity contribution in [1.29, 1.82) is 0 Å². The summed E-state index contributed by atoms with van der Waals surface area (Å²) in [4.78, 5) is 25.9. The van der Waals surface area contributed by atoms with E-state index >= 15 is 0 Å². The monoisotopic (exact) mass is 429 g/mol. The number of nitrogens with one attached hydrogen (secondary N) is 2. The first-order valence-corrected chi connectivity index (χ1v) is 11.2. The van der Waals surface area contributed by atoms with E-state index in [0.717, 1.165) is 11.3 Å². The summed E-state index contributed by atoms with van der Waals surface area (Å²) in [5.74, 6) is -0.227. The lowest BCUT2D eigenvalue weighted by molar-refractivity contribution is -0.123. The van der Waals surface area contributed by atoms with Crippen molar-refractivity contribution in [3.8, 4) is 0 Å². The minimum absolute atomic E-state index is 0.00785. The van der Waals surface area contributed by atoms with Crippen molar-refractivity contribution in [3.05, 3.63) is 48.0 Å². The summed E-state index contributed by atoms with van der Waals surface area (Å²) >= 11 is 0. The molecule has 1 aliphatic heterocycles. The van der Waals surface area contributed by atoms with Crippen molar-refractivity contribution >= 4 is 38.9 Å². The lowest BCUT2D eigenvalue weighted by Gasteiger charge is -2.20. The van der Waals surface area contributed by atoms with Crippen LogP contribution in [0.5, 0.6) is 0 Å². The molecule has 2 N–H and O–H groups in total. The molecule has 2 aromatic rings. The van der Waals surface area contributed by atoms with E-state index in [-0.39, 0.29) is 22.8 Å². The zero-order valence-electron chi connectivity index (χ0n) is 17.8. The predicted octanol–water partition coefficient (Wildman–Crippen LogP) is 3.77. The van der Waals surface area contributed by atoms with Gasteiger partial charge in [0, 0.05) is 29.8 Å². The second-order valence-electron chi connectivity index (χ2n) is 8.62. The van der Waals surface area contributed by atoms with Gasteiger partial charge in [-0.05, 0) is 55.3 Å². The molecule has 1 unspecified atom stereocenters. The van der Waals surface area contributed by atoms with Crippen LogP contribution in [0.1, 0.15) is 40.2 Å². The van der Waals surface area contributed by atoms with Crippen molar-refractivity contribution in [2.45, 2.75) is 52.0 Å². The van der Waals surface area contributed by atoms with Crippen LogP contribution in [0.3, 0.4) is 0 Å². The lowest BCUT2D eigenvalue weighted by atomic mass is 9.95. The van der Waals surface area contributed by atoms with Crippen molar-refractivity contribution in [2.24, 2.45) is 5.41 Å². The van der Waals surface area contributed by atoms with Gasteiger partial charge >= 0.3 is 0 Å². The smallest absolute Gasteiger partial charge is 0.261 e. The molecule has 2 aromatic carbocycles. The minimum atomic E-state index is -3.83. The Morgan fingerprint density at radius 3 is 2.37 bits per heavy atom. The first kappa shape index (κ1) is 21.8. The number of amides is 2. The number of rotatable bonds is 4. The molecule has 1 atom stereocenters. The number of carbonyl (C=O) groups is 2. The van der Waals surface area contributed by atoms with Crippen LogP contribution in [0, 0.1) is 5.41 Å².